The molecule has 0 aliphatic heterocycles. The molecule has 1 aromatic rings. The number of hydrogen-bond donors (Lipinski definition) is 1. The number of nitrogens with one attached hydrogen (secondary N) is 1. The summed E-state index contributed by atoms with van der Waals surface area (Å²) >= 11 is 0. The number of benzene rings is 1. The normalized spacial score (nSPS) is 13.6. The highest BCUT2D eigenvalue weighted by atomic mass is 32.2. The van der Waals surface area contributed by atoms with Crippen molar-refractivity contribution in [1.29, 1.82) is 0 Å². The van der Waals surface area contributed by atoms with Crippen molar-refractivity contribution >= 4 is 9.84 Å². The summed E-state index contributed by atoms with van der Waals surface area (Å²) < 4.78 is 47.9. The van der Waals surface area contributed by atoms with Gasteiger partial charge in [-0.15, -0.1) is 0 Å². The second kappa shape index (κ2) is 5.55. The second-order valence-electron chi connectivity index (χ2n) is 4.03. The van der Waals surface area contributed by atoms with Crippen molar-refractivity contribution in [3.05, 3.63) is 35.4 Å². The third-order valence-corrected chi connectivity index (χ3v) is 3.39. The van der Waals surface area contributed by atoms with E-state index in [0.717, 1.165) is 18.4 Å². The van der Waals surface area contributed by atoms with Gasteiger partial charge in [0.1, 0.15) is 9.84 Å². The van der Waals surface area contributed by atoms with E-state index >= 15 is 0 Å². The summed E-state index contributed by atoms with van der Waals surface area (Å²) in [5.74, 6) is -1.86. The molecule has 1 aromatic carbocycles. The van der Waals surface area contributed by atoms with E-state index in [9.17, 15) is 17.2 Å². The van der Waals surface area contributed by atoms with Gasteiger partial charge in [-0.1, -0.05) is 6.07 Å². The molecule has 17 heavy (non-hydrogen) atoms. The summed E-state index contributed by atoms with van der Waals surface area (Å²) in [6.07, 6.45) is 1.48. The first-order valence-electron chi connectivity index (χ1n) is 5.10. The van der Waals surface area contributed by atoms with Gasteiger partial charge in [-0.25, -0.2) is 17.2 Å². The Kier molecular flexibility index (Phi) is 4.59. The predicted octanol–water partition coefficient (Wildman–Crippen LogP) is 1.14. The standard InChI is InChI=1S/C11H15F2NO2S/c1-14-9(7-17(2,15)16)5-8-3-4-10(12)11(13)6-8/h3-4,6,9,14H,5,7H2,1-2H3/t9-/m1/s1. The van der Waals surface area contributed by atoms with E-state index in [1.807, 2.05) is 0 Å². The number of likely N-dealkylation sites (N-methyl/N-ethyl adjacent to an activating group) is 1. The summed E-state index contributed by atoms with van der Waals surface area (Å²) in [5.41, 5.74) is 0.562. The van der Waals surface area contributed by atoms with Crippen LogP contribution in [-0.2, 0) is 16.3 Å². The molecule has 0 aliphatic rings. The maximum atomic E-state index is 13.0. The minimum Gasteiger partial charge on any atom is -0.316 e. The highest BCUT2D eigenvalue weighted by Crippen LogP contribution is 2.11. The molecule has 3 nitrogen and oxygen atoms in total. The molecule has 1 rings (SSSR count). The molecule has 0 saturated carbocycles. The lowest BCUT2D eigenvalue weighted by Crippen LogP contribution is -2.34. The monoisotopic (exact) mass is 263 g/mol. The van der Waals surface area contributed by atoms with Gasteiger partial charge in [0.25, 0.3) is 0 Å². The molecule has 0 spiro atoms. The van der Waals surface area contributed by atoms with E-state index in [2.05, 4.69) is 5.32 Å². The van der Waals surface area contributed by atoms with E-state index < -0.39 is 21.5 Å². The van der Waals surface area contributed by atoms with Crippen LogP contribution in [0, 0.1) is 11.6 Å². The average Bonchev–Trinajstić information content (AvgIpc) is 2.20. The first-order chi connectivity index (χ1) is 7.81. The Morgan fingerprint density at radius 2 is 1.94 bits per heavy atom. The maximum absolute atomic E-state index is 13.0. The molecule has 0 bridgehead atoms. The van der Waals surface area contributed by atoms with Crippen LogP contribution in [0.2, 0.25) is 0 Å². The SMILES string of the molecule is CN[C@H](Cc1ccc(F)c(F)c1)CS(C)(=O)=O. The largest absolute Gasteiger partial charge is 0.316 e. The Bertz CT molecular complexity index is 488. The molecule has 0 aromatic heterocycles. The van der Waals surface area contributed by atoms with Crippen LogP contribution < -0.4 is 5.32 Å². The van der Waals surface area contributed by atoms with Gasteiger partial charge in [-0.05, 0) is 31.2 Å². The van der Waals surface area contributed by atoms with Crippen molar-refractivity contribution in [2.45, 2.75) is 12.5 Å². The zero-order valence-electron chi connectivity index (χ0n) is 9.70. The fourth-order valence-electron chi connectivity index (χ4n) is 1.56. The third-order valence-electron chi connectivity index (χ3n) is 2.38. The summed E-state index contributed by atoms with van der Waals surface area (Å²) in [6, 6.07) is 3.26. The zero-order chi connectivity index (χ0) is 13.1. The number of hydrogen-bond acceptors (Lipinski definition) is 3. The molecule has 96 valence electrons. The maximum Gasteiger partial charge on any atom is 0.159 e. The van der Waals surface area contributed by atoms with Gasteiger partial charge in [0.15, 0.2) is 11.6 Å². The van der Waals surface area contributed by atoms with Crippen molar-refractivity contribution in [1.82, 2.24) is 5.32 Å². The molecule has 1 atom stereocenters. The lowest BCUT2D eigenvalue weighted by Gasteiger charge is -2.15. The molecular formula is C11H15F2NO2S. The smallest absolute Gasteiger partial charge is 0.159 e. The van der Waals surface area contributed by atoms with Crippen molar-refractivity contribution in [2.24, 2.45) is 0 Å². The molecule has 0 aliphatic carbocycles. The van der Waals surface area contributed by atoms with Gasteiger partial charge in [0, 0.05) is 12.3 Å². The molecule has 1 N–H and O–H groups in total. The van der Waals surface area contributed by atoms with E-state index in [1.165, 1.54) is 6.07 Å². The molecule has 0 heterocycles. The van der Waals surface area contributed by atoms with Crippen LogP contribution in [0.5, 0.6) is 0 Å². The predicted molar refractivity (Wildman–Crippen MR) is 62.6 cm³/mol. The fourth-order valence-corrected chi connectivity index (χ4v) is 2.58. The minimum absolute atomic E-state index is 0.0392. The number of halogens is 2. The Morgan fingerprint density at radius 3 is 2.41 bits per heavy atom. The first-order valence-corrected chi connectivity index (χ1v) is 7.17. The van der Waals surface area contributed by atoms with Crippen molar-refractivity contribution in [2.75, 3.05) is 19.1 Å². The average molecular weight is 263 g/mol. The van der Waals surface area contributed by atoms with Gasteiger partial charge in [-0.3, -0.25) is 0 Å². The third kappa shape index (κ3) is 4.79. The van der Waals surface area contributed by atoms with Gasteiger partial charge < -0.3 is 5.32 Å². The van der Waals surface area contributed by atoms with Gasteiger partial charge in [-0.2, -0.15) is 0 Å². The Balaban J connectivity index is 2.77. The van der Waals surface area contributed by atoms with Crippen LogP contribution in [0.15, 0.2) is 18.2 Å². The second-order valence-corrected chi connectivity index (χ2v) is 6.22. The van der Waals surface area contributed by atoms with Crippen molar-refractivity contribution in [3.63, 3.8) is 0 Å². The topological polar surface area (TPSA) is 46.2 Å². The Morgan fingerprint density at radius 1 is 1.29 bits per heavy atom. The van der Waals surface area contributed by atoms with E-state index in [0.29, 0.717) is 12.0 Å². The van der Waals surface area contributed by atoms with Gasteiger partial charge in [0.2, 0.25) is 0 Å². The number of rotatable bonds is 5. The molecule has 6 heteroatoms. The van der Waals surface area contributed by atoms with Crippen LogP contribution in [0.1, 0.15) is 5.56 Å². The van der Waals surface area contributed by atoms with E-state index in [4.69, 9.17) is 0 Å². The van der Waals surface area contributed by atoms with Crippen LogP contribution in [0.4, 0.5) is 8.78 Å². The lowest BCUT2D eigenvalue weighted by molar-refractivity contribution is 0.505. The molecule has 0 saturated heterocycles. The van der Waals surface area contributed by atoms with Crippen molar-refractivity contribution < 1.29 is 17.2 Å². The molecule has 0 unspecified atom stereocenters. The van der Waals surface area contributed by atoms with Crippen LogP contribution in [0.25, 0.3) is 0 Å². The van der Waals surface area contributed by atoms with Gasteiger partial charge in [0.05, 0.1) is 5.75 Å². The summed E-state index contributed by atoms with van der Waals surface area (Å²) in [6.45, 7) is 0. The highest BCUT2D eigenvalue weighted by Gasteiger charge is 2.14. The molecule has 0 fully saturated rings. The highest BCUT2D eigenvalue weighted by molar-refractivity contribution is 7.90. The Hall–Kier alpha value is -1.01. The van der Waals surface area contributed by atoms with Gasteiger partial charge >= 0.3 is 0 Å². The zero-order valence-corrected chi connectivity index (χ0v) is 10.5. The van der Waals surface area contributed by atoms with Crippen LogP contribution in [-0.4, -0.2) is 33.5 Å². The quantitative estimate of drug-likeness (QED) is 0.866. The van der Waals surface area contributed by atoms with Crippen LogP contribution >= 0.6 is 0 Å². The summed E-state index contributed by atoms with van der Waals surface area (Å²) in [4.78, 5) is 0. The van der Waals surface area contributed by atoms with E-state index in [1.54, 1.807) is 7.05 Å². The molecular weight excluding hydrogens is 248 g/mol. The number of sulfone groups is 1. The first kappa shape index (κ1) is 14.1. The summed E-state index contributed by atoms with van der Waals surface area (Å²) in [5, 5.41) is 2.85. The summed E-state index contributed by atoms with van der Waals surface area (Å²) in [7, 11) is -1.47. The molecule has 0 radical (unpaired) electrons. The van der Waals surface area contributed by atoms with Crippen molar-refractivity contribution in [3.8, 4) is 0 Å². The Labute approximate surface area is 99.8 Å². The lowest BCUT2D eigenvalue weighted by atomic mass is 10.1. The fraction of sp³-hybridized carbons (Fsp3) is 0.455. The van der Waals surface area contributed by atoms with Crippen LogP contribution in [0.3, 0.4) is 0 Å². The van der Waals surface area contributed by atoms with E-state index in [-0.39, 0.29) is 11.8 Å². The minimum atomic E-state index is -3.10. The molecule has 0 amide bonds.